The fraction of sp³-hybridized carbons (Fsp3) is 0.294. The number of anilines is 1. The van der Waals surface area contributed by atoms with Crippen molar-refractivity contribution in [2.24, 2.45) is 7.05 Å². The highest BCUT2D eigenvalue weighted by Crippen LogP contribution is 2.42. The van der Waals surface area contributed by atoms with Gasteiger partial charge in [0.25, 0.3) is 5.91 Å². The number of hydrogen-bond donors (Lipinski definition) is 1. The van der Waals surface area contributed by atoms with Crippen LogP contribution in [0, 0.1) is 0 Å². The molecule has 2 aromatic heterocycles. The maximum absolute atomic E-state index is 12.5. The topological polar surface area (TPSA) is 81.9 Å². The van der Waals surface area contributed by atoms with Crippen molar-refractivity contribution in [3.63, 3.8) is 0 Å². The van der Waals surface area contributed by atoms with E-state index in [1.165, 1.54) is 11.3 Å². The van der Waals surface area contributed by atoms with Crippen LogP contribution in [0.15, 0.2) is 30.3 Å². The van der Waals surface area contributed by atoms with Crippen LogP contribution in [0.4, 0.5) is 5.13 Å². The first-order chi connectivity index (χ1) is 12.1. The Bertz CT molecular complexity index is 912. The fourth-order valence-electron chi connectivity index (χ4n) is 2.52. The van der Waals surface area contributed by atoms with Crippen LogP contribution in [0.1, 0.15) is 34.3 Å². The molecule has 7 nitrogen and oxygen atoms in total. The molecule has 4 rings (SSSR count). The van der Waals surface area contributed by atoms with Crippen molar-refractivity contribution in [2.75, 3.05) is 12.4 Å². The minimum Gasteiger partial charge on any atom is -0.497 e. The van der Waals surface area contributed by atoms with Gasteiger partial charge in [0, 0.05) is 18.5 Å². The average Bonchev–Trinajstić information content (AvgIpc) is 3.25. The molecule has 1 N–H and O–H groups in total. The zero-order chi connectivity index (χ0) is 17.4. The fourth-order valence-corrected chi connectivity index (χ4v) is 3.43. The Kier molecular flexibility index (Phi) is 3.96. The van der Waals surface area contributed by atoms with E-state index in [2.05, 4.69) is 20.6 Å². The molecule has 0 bridgehead atoms. The summed E-state index contributed by atoms with van der Waals surface area (Å²) in [5.41, 5.74) is 2.11. The van der Waals surface area contributed by atoms with E-state index in [1.807, 2.05) is 24.3 Å². The van der Waals surface area contributed by atoms with Crippen LogP contribution < -0.4 is 10.1 Å². The lowest BCUT2D eigenvalue weighted by Crippen LogP contribution is -2.15. The zero-order valence-corrected chi connectivity index (χ0v) is 14.7. The summed E-state index contributed by atoms with van der Waals surface area (Å²) < 4.78 is 6.73. The summed E-state index contributed by atoms with van der Waals surface area (Å²) in [4.78, 5) is 12.5. The maximum atomic E-state index is 12.5. The van der Waals surface area contributed by atoms with Gasteiger partial charge in [-0.2, -0.15) is 5.10 Å². The van der Waals surface area contributed by atoms with E-state index in [4.69, 9.17) is 4.74 Å². The highest BCUT2D eigenvalue weighted by atomic mass is 32.1. The molecule has 0 atom stereocenters. The summed E-state index contributed by atoms with van der Waals surface area (Å²) in [6, 6.07) is 9.32. The van der Waals surface area contributed by atoms with Crippen LogP contribution in [-0.2, 0) is 7.05 Å². The summed E-state index contributed by atoms with van der Waals surface area (Å²) >= 11 is 1.44. The van der Waals surface area contributed by atoms with Gasteiger partial charge in [-0.15, -0.1) is 10.2 Å². The number of benzene rings is 1. The lowest BCUT2D eigenvalue weighted by molar-refractivity contribution is 0.101. The minimum atomic E-state index is -0.242. The summed E-state index contributed by atoms with van der Waals surface area (Å²) in [5, 5.41) is 16.9. The molecule has 1 saturated carbocycles. The monoisotopic (exact) mass is 355 g/mol. The second kappa shape index (κ2) is 6.29. The van der Waals surface area contributed by atoms with Gasteiger partial charge in [0.2, 0.25) is 5.13 Å². The van der Waals surface area contributed by atoms with Crippen molar-refractivity contribution in [3.8, 4) is 17.0 Å². The number of ether oxygens (including phenoxy) is 1. The van der Waals surface area contributed by atoms with Crippen molar-refractivity contribution in [3.05, 3.63) is 41.0 Å². The van der Waals surface area contributed by atoms with Crippen LogP contribution in [0.25, 0.3) is 11.3 Å². The summed E-state index contributed by atoms with van der Waals surface area (Å²) in [6.45, 7) is 0. The molecule has 1 amide bonds. The molecule has 1 aliphatic rings. The van der Waals surface area contributed by atoms with E-state index in [-0.39, 0.29) is 5.91 Å². The normalized spacial score (nSPS) is 13.7. The van der Waals surface area contributed by atoms with Gasteiger partial charge in [0.1, 0.15) is 16.5 Å². The average molecular weight is 355 g/mol. The zero-order valence-electron chi connectivity index (χ0n) is 13.9. The van der Waals surface area contributed by atoms with Gasteiger partial charge in [-0.25, -0.2) is 0 Å². The third kappa shape index (κ3) is 3.25. The predicted octanol–water partition coefficient (Wildman–Crippen LogP) is 3.08. The van der Waals surface area contributed by atoms with Gasteiger partial charge in [0.15, 0.2) is 0 Å². The highest BCUT2D eigenvalue weighted by Gasteiger charge is 2.28. The largest absolute Gasteiger partial charge is 0.497 e. The number of nitrogens with zero attached hydrogens (tertiary/aromatic N) is 4. The number of carbonyl (C=O) groups excluding carboxylic acids is 1. The standard InChI is InChI=1S/C17H17N5O2S/c1-22-14(9-13(21-22)10-5-7-12(24-2)8-6-10)15(23)18-17-20-19-16(25-17)11-3-4-11/h5-9,11H,3-4H2,1-2H3,(H,18,20,23). The Morgan fingerprint density at radius 3 is 2.72 bits per heavy atom. The molecule has 0 aliphatic heterocycles. The molecule has 0 radical (unpaired) electrons. The first kappa shape index (κ1) is 15.8. The van der Waals surface area contributed by atoms with Crippen molar-refractivity contribution in [1.82, 2.24) is 20.0 Å². The molecule has 1 fully saturated rings. The van der Waals surface area contributed by atoms with Crippen LogP contribution in [-0.4, -0.2) is 33.0 Å². The number of methoxy groups -OCH3 is 1. The molecule has 1 aromatic carbocycles. The Balaban J connectivity index is 1.52. The Hall–Kier alpha value is -2.74. The first-order valence-corrected chi connectivity index (χ1v) is 8.79. The van der Waals surface area contributed by atoms with Crippen molar-refractivity contribution in [1.29, 1.82) is 0 Å². The summed E-state index contributed by atoms with van der Waals surface area (Å²) in [6.07, 6.45) is 2.32. The predicted molar refractivity (Wildman–Crippen MR) is 95.0 cm³/mol. The number of rotatable bonds is 5. The van der Waals surface area contributed by atoms with Gasteiger partial charge >= 0.3 is 0 Å². The molecular formula is C17H17N5O2S. The molecule has 0 spiro atoms. The first-order valence-electron chi connectivity index (χ1n) is 7.97. The van der Waals surface area contributed by atoms with Crippen LogP contribution >= 0.6 is 11.3 Å². The third-order valence-corrected chi connectivity index (χ3v) is 5.09. The highest BCUT2D eigenvalue weighted by molar-refractivity contribution is 7.15. The molecular weight excluding hydrogens is 338 g/mol. The number of nitrogens with one attached hydrogen (secondary N) is 1. The number of carbonyl (C=O) groups is 1. The number of aromatic nitrogens is 4. The number of amides is 1. The third-order valence-electron chi connectivity index (χ3n) is 4.09. The summed E-state index contributed by atoms with van der Waals surface area (Å²) in [5.74, 6) is 1.06. The van der Waals surface area contributed by atoms with Gasteiger partial charge < -0.3 is 4.74 Å². The van der Waals surface area contributed by atoms with E-state index < -0.39 is 0 Å². The second-order valence-corrected chi connectivity index (χ2v) is 6.95. The lowest BCUT2D eigenvalue weighted by Gasteiger charge is -2.00. The molecule has 8 heteroatoms. The molecule has 128 valence electrons. The molecule has 0 unspecified atom stereocenters. The van der Waals surface area contributed by atoms with E-state index in [9.17, 15) is 4.79 Å². The molecule has 3 aromatic rings. The quantitative estimate of drug-likeness (QED) is 0.760. The van der Waals surface area contributed by atoms with E-state index in [0.29, 0.717) is 16.7 Å². The van der Waals surface area contributed by atoms with Crippen molar-refractivity contribution in [2.45, 2.75) is 18.8 Å². The minimum absolute atomic E-state index is 0.242. The van der Waals surface area contributed by atoms with Crippen LogP contribution in [0.3, 0.4) is 0 Å². The number of aryl methyl sites for hydroxylation is 1. The maximum Gasteiger partial charge on any atom is 0.275 e. The smallest absolute Gasteiger partial charge is 0.275 e. The SMILES string of the molecule is COc1ccc(-c2cc(C(=O)Nc3nnc(C4CC4)s3)n(C)n2)cc1. The summed E-state index contributed by atoms with van der Waals surface area (Å²) in [7, 11) is 3.37. The van der Waals surface area contributed by atoms with E-state index in [1.54, 1.807) is 24.9 Å². The number of hydrogen-bond acceptors (Lipinski definition) is 6. The van der Waals surface area contributed by atoms with Gasteiger partial charge in [0.05, 0.1) is 12.8 Å². The van der Waals surface area contributed by atoms with Gasteiger partial charge in [-0.3, -0.25) is 14.8 Å². The molecule has 0 saturated heterocycles. The molecule has 1 aliphatic carbocycles. The second-order valence-electron chi connectivity index (χ2n) is 5.94. The van der Waals surface area contributed by atoms with Gasteiger partial charge in [-0.05, 0) is 43.2 Å². The Morgan fingerprint density at radius 2 is 2.04 bits per heavy atom. The lowest BCUT2D eigenvalue weighted by atomic mass is 10.1. The van der Waals surface area contributed by atoms with E-state index >= 15 is 0 Å². The van der Waals surface area contributed by atoms with Crippen molar-refractivity contribution < 1.29 is 9.53 Å². The molecule has 2 heterocycles. The van der Waals surface area contributed by atoms with Gasteiger partial charge in [-0.1, -0.05) is 11.3 Å². The van der Waals surface area contributed by atoms with Crippen LogP contribution in [0.2, 0.25) is 0 Å². The molecule has 25 heavy (non-hydrogen) atoms. The van der Waals surface area contributed by atoms with E-state index in [0.717, 1.165) is 34.9 Å². The van der Waals surface area contributed by atoms with Crippen molar-refractivity contribution >= 4 is 22.4 Å². The van der Waals surface area contributed by atoms with Crippen LogP contribution in [0.5, 0.6) is 5.75 Å². The Morgan fingerprint density at radius 1 is 1.28 bits per heavy atom. The Labute approximate surface area is 148 Å².